The van der Waals surface area contributed by atoms with Crippen molar-refractivity contribution in [1.82, 2.24) is 0 Å². The first-order chi connectivity index (χ1) is 6.79. The lowest BCUT2D eigenvalue weighted by molar-refractivity contribution is 1.47. The molecule has 72 valence electrons. The minimum Gasteiger partial charge on any atom is -0.130 e. The summed E-state index contributed by atoms with van der Waals surface area (Å²) in [6.45, 7) is 0. The zero-order valence-electron chi connectivity index (χ0n) is 7.66. The molecule has 0 saturated carbocycles. The molecule has 0 saturated heterocycles. The van der Waals surface area contributed by atoms with Crippen LogP contribution in [0.5, 0.6) is 0 Å². The third-order valence-electron chi connectivity index (χ3n) is 1.95. The minimum absolute atomic E-state index is 1.18. The zero-order chi connectivity index (χ0) is 9.97. The van der Waals surface area contributed by atoms with E-state index in [1.165, 1.54) is 19.1 Å². The standard InChI is InChI=1S/C11H9BrS2/c1-13-9-4-2-8(3-5-9)10-6-7-11(12)14-10/h2-7H,1H3. The first-order valence-corrected chi connectivity index (χ1v) is 7.03. The Balaban J connectivity index is 2.33. The van der Waals surface area contributed by atoms with Crippen LogP contribution in [0.1, 0.15) is 0 Å². The monoisotopic (exact) mass is 284 g/mol. The van der Waals surface area contributed by atoms with Gasteiger partial charge in [0.25, 0.3) is 0 Å². The van der Waals surface area contributed by atoms with Crippen molar-refractivity contribution in [1.29, 1.82) is 0 Å². The fraction of sp³-hybridized carbons (Fsp3) is 0.0909. The van der Waals surface area contributed by atoms with Crippen molar-refractivity contribution in [2.75, 3.05) is 6.26 Å². The highest BCUT2D eigenvalue weighted by Crippen LogP contribution is 2.31. The Morgan fingerprint density at radius 2 is 1.79 bits per heavy atom. The maximum Gasteiger partial charge on any atom is 0.0705 e. The van der Waals surface area contributed by atoms with Crippen molar-refractivity contribution >= 4 is 39.0 Å². The third-order valence-corrected chi connectivity index (χ3v) is 4.36. The lowest BCUT2D eigenvalue weighted by atomic mass is 10.2. The Labute approximate surface area is 100 Å². The van der Waals surface area contributed by atoms with Gasteiger partial charge in [0, 0.05) is 9.77 Å². The summed E-state index contributed by atoms with van der Waals surface area (Å²) in [6.07, 6.45) is 2.09. The summed E-state index contributed by atoms with van der Waals surface area (Å²) in [6, 6.07) is 12.9. The number of thiophene rings is 1. The molecular weight excluding hydrogens is 276 g/mol. The summed E-state index contributed by atoms with van der Waals surface area (Å²) in [5.41, 5.74) is 1.29. The number of halogens is 1. The van der Waals surface area contributed by atoms with Gasteiger partial charge in [0.2, 0.25) is 0 Å². The molecule has 1 heterocycles. The lowest BCUT2D eigenvalue weighted by Crippen LogP contribution is -1.72. The molecule has 0 aliphatic carbocycles. The predicted octanol–water partition coefficient (Wildman–Crippen LogP) is 4.90. The summed E-state index contributed by atoms with van der Waals surface area (Å²) >= 11 is 7.01. The van der Waals surface area contributed by atoms with Gasteiger partial charge in [-0.05, 0) is 52.0 Å². The summed E-state index contributed by atoms with van der Waals surface area (Å²) in [5.74, 6) is 0. The molecule has 1 aromatic heterocycles. The number of hydrogen-bond donors (Lipinski definition) is 0. The highest BCUT2D eigenvalue weighted by Gasteiger charge is 2.00. The Morgan fingerprint density at radius 3 is 2.29 bits per heavy atom. The predicted molar refractivity (Wildman–Crippen MR) is 69.2 cm³/mol. The largest absolute Gasteiger partial charge is 0.130 e. The van der Waals surface area contributed by atoms with Gasteiger partial charge < -0.3 is 0 Å². The van der Waals surface area contributed by atoms with Gasteiger partial charge in [-0.1, -0.05) is 12.1 Å². The van der Waals surface area contributed by atoms with Gasteiger partial charge in [-0.2, -0.15) is 0 Å². The van der Waals surface area contributed by atoms with E-state index in [-0.39, 0.29) is 0 Å². The second-order valence-corrected chi connectivity index (χ2v) is 6.17. The van der Waals surface area contributed by atoms with E-state index in [4.69, 9.17) is 0 Å². The molecule has 0 atom stereocenters. The fourth-order valence-corrected chi connectivity index (χ4v) is 3.02. The fourth-order valence-electron chi connectivity index (χ4n) is 1.22. The van der Waals surface area contributed by atoms with Crippen LogP contribution >= 0.6 is 39.0 Å². The molecule has 0 amide bonds. The summed E-state index contributed by atoms with van der Waals surface area (Å²) in [5, 5.41) is 0. The van der Waals surface area contributed by atoms with Crippen LogP contribution in [0.3, 0.4) is 0 Å². The maximum absolute atomic E-state index is 3.47. The molecule has 1 aromatic carbocycles. The maximum atomic E-state index is 3.47. The quantitative estimate of drug-likeness (QED) is 0.707. The minimum atomic E-state index is 1.18. The zero-order valence-corrected chi connectivity index (χ0v) is 10.9. The normalized spacial score (nSPS) is 10.4. The van der Waals surface area contributed by atoms with Crippen LogP contribution in [-0.2, 0) is 0 Å². The summed E-state index contributed by atoms with van der Waals surface area (Å²) in [4.78, 5) is 2.62. The van der Waals surface area contributed by atoms with Crippen LogP contribution in [0.2, 0.25) is 0 Å². The molecule has 0 fully saturated rings. The molecule has 0 unspecified atom stereocenters. The van der Waals surface area contributed by atoms with Crippen molar-refractivity contribution in [2.24, 2.45) is 0 Å². The van der Waals surface area contributed by atoms with E-state index in [1.54, 1.807) is 23.1 Å². The van der Waals surface area contributed by atoms with Gasteiger partial charge in [0.1, 0.15) is 0 Å². The molecule has 0 radical (unpaired) electrons. The number of rotatable bonds is 2. The Bertz CT molecular complexity index is 417. The molecule has 0 bridgehead atoms. The van der Waals surface area contributed by atoms with Crippen molar-refractivity contribution in [3.63, 3.8) is 0 Å². The van der Waals surface area contributed by atoms with Gasteiger partial charge in [-0.15, -0.1) is 23.1 Å². The van der Waals surface area contributed by atoms with E-state index in [0.29, 0.717) is 0 Å². The van der Waals surface area contributed by atoms with E-state index >= 15 is 0 Å². The molecule has 0 spiro atoms. The highest BCUT2D eigenvalue weighted by atomic mass is 79.9. The molecule has 2 rings (SSSR count). The van der Waals surface area contributed by atoms with Gasteiger partial charge in [0.05, 0.1) is 3.79 Å². The Hall–Kier alpha value is -0.250. The van der Waals surface area contributed by atoms with E-state index in [1.807, 2.05) is 0 Å². The molecule has 0 nitrogen and oxygen atoms in total. The first-order valence-electron chi connectivity index (χ1n) is 4.19. The van der Waals surface area contributed by atoms with Gasteiger partial charge in [-0.25, -0.2) is 0 Å². The number of hydrogen-bond acceptors (Lipinski definition) is 2. The van der Waals surface area contributed by atoms with Crippen LogP contribution in [-0.4, -0.2) is 6.26 Å². The lowest BCUT2D eigenvalue weighted by Gasteiger charge is -1.98. The van der Waals surface area contributed by atoms with E-state index in [2.05, 4.69) is 58.6 Å². The third kappa shape index (κ3) is 2.22. The highest BCUT2D eigenvalue weighted by molar-refractivity contribution is 9.11. The SMILES string of the molecule is CSc1ccc(-c2ccc(Br)s2)cc1. The van der Waals surface area contributed by atoms with Gasteiger partial charge in [-0.3, -0.25) is 0 Å². The summed E-state index contributed by atoms with van der Waals surface area (Å²) in [7, 11) is 0. The summed E-state index contributed by atoms with van der Waals surface area (Å²) < 4.78 is 1.18. The molecule has 0 aliphatic heterocycles. The Kier molecular flexibility index (Phi) is 3.31. The number of benzene rings is 1. The second kappa shape index (κ2) is 4.51. The Morgan fingerprint density at radius 1 is 1.07 bits per heavy atom. The van der Waals surface area contributed by atoms with Gasteiger partial charge in [0.15, 0.2) is 0 Å². The average molecular weight is 285 g/mol. The average Bonchev–Trinajstić information content (AvgIpc) is 2.65. The molecular formula is C11H9BrS2. The van der Waals surface area contributed by atoms with Crippen molar-refractivity contribution in [2.45, 2.75) is 4.90 Å². The van der Waals surface area contributed by atoms with E-state index in [0.717, 1.165) is 0 Å². The van der Waals surface area contributed by atoms with E-state index in [9.17, 15) is 0 Å². The molecule has 3 heteroatoms. The second-order valence-electron chi connectivity index (χ2n) is 2.83. The van der Waals surface area contributed by atoms with Gasteiger partial charge >= 0.3 is 0 Å². The number of thioether (sulfide) groups is 1. The molecule has 0 aliphatic rings. The van der Waals surface area contributed by atoms with Crippen molar-refractivity contribution < 1.29 is 0 Å². The van der Waals surface area contributed by atoms with Crippen molar-refractivity contribution in [3.8, 4) is 10.4 Å². The van der Waals surface area contributed by atoms with Crippen LogP contribution in [0, 0.1) is 0 Å². The van der Waals surface area contributed by atoms with Crippen LogP contribution in [0.4, 0.5) is 0 Å². The molecule has 2 aromatic rings. The van der Waals surface area contributed by atoms with Crippen LogP contribution < -0.4 is 0 Å². The molecule has 14 heavy (non-hydrogen) atoms. The topological polar surface area (TPSA) is 0 Å². The van der Waals surface area contributed by atoms with Crippen LogP contribution in [0.15, 0.2) is 45.1 Å². The first kappa shape index (κ1) is 10.3. The van der Waals surface area contributed by atoms with E-state index < -0.39 is 0 Å². The molecule has 0 N–H and O–H groups in total. The smallest absolute Gasteiger partial charge is 0.0705 e. The van der Waals surface area contributed by atoms with Crippen molar-refractivity contribution in [3.05, 3.63) is 40.2 Å². The van der Waals surface area contributed by atoms with Crippen LogP contribution in [0.25, 0.3) is 10.4 Å².